The van der Waals surface area contributed by atoms with Crippen molar-refractivity contribution in [3.63, 3.8) is 0 Å². The Morgan fingerprint density at radius 2 is 2.07 bits per heavy atom. The number of hydrogen-bond acceptors (Lipinski definition) is 2. The van der Waals surface area contributed by atoms with Gasteiger partial charge in [-0.3, -0.25) is 4.79 Å². The van der Waals surface area contributed by atoms with E-state index in [0.29, 0.717) is 11.8 Å². The molecule has 86 valence electrons. The highest BCUT2D eigenvalue weighted by Crippen LogP contribution is 2.34. The summed E-state index contributed by atoms with van der Waals surface area (Å²) in [6.07, 6.45) is 4.14. The Morgan fingerprint density at radius 3 is 2.53 bits per heavy atom. The van der Waals surface area contributed by atoms with Crippen molar-refractivity contribution in [3.05, 3.63) is 0 Å². The number of carbonyl (C=O) groups excluding carboxylic acids is 1. The van der Waals surface area contributed by atoms with Crippen molar-refractivity contribution in [3.8, 4) is 0 Å². The van der Waals surface area contributed by atoms with Crippen LogP contribution in [0, 0.1) is 11.8 Å². The molecule has 1 atom stereocenters. The second kappa shape index (κ2) is 3.78. The number of amides is 1. The van der Waals surface area contributed by atoms with Crippen molar-refractivity contribution in [1.29, 1.82) is 0 Å². The molecule has 2 rings (SSSR count). The summed E-state index contributed by atoms with van der Waals surface area (Å²) in [5.74, 6) is 1.21. The molecule has 0 spiro atoms. The largest absolute Gasteiger partial charge is 0.390 e. The van der Waals surface area contributed by atoms with E-state index in [0.717, 1.165) is 25.9 Å². The molecule has 1 aliphatic carbocycles. The zero-order chi connectivity index (χ0) is 11.1. The van der Waals surface area contributed by atoms with Crippen molar-refractivity contribution >= 4 is 5.91 Å². The highest BCUT2D eigenvalue weighted by molar-refractivity contribution is 5.77. The van der Waals surface area contributed by atoms with Crippen molar-refractivity contribution in [2.24, 2.45) is 11.8 Å². The van der Waals surface area contributed by atoms with Crippen molar-refractivity contribution < 1.29 is 9.90 Å². The van der Waals surface area contributed by atoms with Crippen LogP contribution in [0.3, 0.4) is 0 Å². The van der Waals surface area contributed by atoms with Crippen LogP contribution in [-0.2, 0) is 4.79 Å². The Labute approximate surface area is 91.5 Å². The first-order valence-electron chi connectivity index (χ1n) is 5.97. The lowest BCUT2D eigenvalue weighted by Gasteiger charge is -2.25. The minimum Gasteiger partial charge on any atom is -0.390 e. The summed E-state index contributed by atoms with van der Waals surface area (Å²) in [6.45, 7) is 5.26. The van der Waals surface area contributed by atoms with E-state index in [1.165, 1.54) is 12.8 Å². The third-order valence-electron chi connectivity index (χ3n) is 3.70. The van der Waals surface area contributed by atoms with Gasteiger partial charge in [0.15, 0.2) is 0 Å². The molecular formula is C12H21NO2. The number of rotatable bonds is 3. The predicted molar refractivity (Wildman–Crippen MR) is 58.3 cm³/mol. The second-order valence-corrected chi connectivity index (χ2v) is 5.63. The Balaban J connectivity index is 1.83. The molecule has 2 aliphatic rings. The van der Waals surface area contributed by atoms with Gasteiger partial charge in [0.1, 0.15) is 0 Å². The topological polar surface area (TPSA) is 40.5 Å². The summed E-state index contributed by atoms with van der Waals surface area (Å²) in [5.41, 5.74) is -0.644. The Hall–Kier alpha value is -0.570. The number of aliphatic hydroxyl groups is 1. The summed E-state index contributed by atoms with van der Waals surface area (Å²) in [5, 5.41) is 9.87. The van der Waals surface area contributed by atoms with Crippen LogP contribution in [0.5, 0.6) is 0 Å². The minimum atomic E-state index is -0.644. The number of hydrogen-bond donors (Lipinski definition) is 1. The molecule has 1 unspecified atom stereocenters. The fourth-order valence-corrected chi connectivity index (χ4v) is 2.26. The SMILES string of the molecule is CC(C)(O)C1CCN(C(=O)CC2CC2)C1. The summed E-state index contributed by atoms with van der Waals surface area (Å²) < 4.78 is 0. The molecule has 1 saturated carbocycles. The van der Waals surface area contributed by atoms with E-state index >= 15 is 0 Å². The third kappa shape index (κ3) is 2.71. The van der Waals surface area contributed by atoms with Crippen LogP contribution in [0.25, 0.3) is 0 Å². The Bertz CT molecular complexity index is 253. The van der Waals surface area contributed by atoms with Gasteiger partial charge < -0.3 is 10.0 Å². The van der Waals surface area contributed by atoms with Crippen molar-refractivity contribution in [2.75, 3.05) is 13.1 Å². The highest BCUT2D eigenvalue weighted by atomic mass is 16.3. The van der Waals surface area contributed by atoms with Gasteiger partial charge >= 0.3 is 0 Å². The zero-order valence-electron chi connectivity index (χ0n) is 9.70. The molecule has 1 heterocycles. The molecule has 0 aromatic carbocycles. The fraction of sp³-hybridized carbons (Fsp3) is 0.917. The lowest BCUT2D eigenvalue weighted by molar-refractivity contribution is -0.130. The maximum atomic E-state index is 11.8. The Kier molecular flexibility index (Phi) is 2.75. The molecule has 1 N–H and O–H groups in total. The van der Waals surface area contributed by atoms with Crippen LogP contribution < -0.4 is 0 Å². The first-order valence-corrected chi connectivity index (χ1v) is 5.97. The summed E-state index contributed by atoms with van der Waals surface area (Å²) in [6, 6.07) is 0. The van der Waals surface area contributed by atoms with E-state index in [4.69, 9.17) is 0 Å². The van der Waals surface area contributed by atoms with Crippen LogP contribution in [0.2, 0.25) is 0 Å². The molecule has 1 aliphatic heterocycles. The quantitative estimate of drug-likeness (QED) is 0.766. The van der Waals surface area contributed by atoms with Gasteiger partial charge in [-0.2, -0.15) is 0 Å². The summed E-state index contributed by atoms with van der Waals surface area (Å²) >= 11 is 0. The molecule has 1 amide bonds. The van der Waals surface area contributed by atoms with Gasteiger partial charge in [0.2, 0.25) is 5.91 Å². The summed E-state index contributed by atoms with van der Waals surface area (Å²) in [4.78, 5) is 13.7. The molecule has 0 radical (unpaired) electrons. The average molecular weight is 211 g/mol. The van der Waals surface area contributed by atoms with Gasteiger partial charge in [-0.25, -0.2) is 0 Å². The van der Waals surface area contributed by atoms with E-state index < -0.39 is 5.60 Å². The monoisotopic (exact) mass is 211 g/mol. The third-order valence-corrected chi connectivity index (χ3v) is 3.70. The Morgan fingerprint density at radius 1 is 1.40 bits per heavy atom. The molecule has 3 heteroatoms. The number of likely N-dealkylation sites (tertiary alicyclic amines) is 1. The van der Waals surface area contributed by atoms with Gasteiger partial charge in [0.05, 0.1) is 5.60 Å². The standard InChI is InChI=1S/C12H21NO2/c1-12(2,15)10-5-6-13(8-10)11(14)7-9-3-4-9/h9-10,15H,3-8H2,1-2H3. The van der Waals surface area contributed by atoms with E-state index in [1.807, 2.05) is 18.7 Å². The molecule has 0 aromatic heterocycles. The average Bonchev–Trinajstić information content (AvgIpc) is 2.80. The van der Waals surface area contributed by atoms with Gasteiger partial charge in [-0.1, -0.05) is 0 Å². The van der Waals surface area contributed by atoms with Crippen LogP contribution in [0.4, 0.5) is 0 Å². The number of nitrogens with zero attached hydrogens (tertiary/aromatic N) is 1. The molecule has 0 bridgehead atoms. The maximum Gasteiger partial charge on any atom is 0.222 e. The van der Waals surface area contributed by atoms with Crippen LogP contribution in [0.1, 0.15) is 39.5 Å². The van der Waals surface area contributed by atoms with Gasteiger partial charge in [0.25, 0.3) is 0 Å². The van der Waals surface area contributed by atoms with Gasteiger partial charge in [-0.15, -0.1) is 0 Å². The highest BCUT2D eigenvalue weighted by Gasteiger charge is 2.36. The van der Waals surface area contributed by atoms with Crippen LogP contribution in [-0.4, -0.2) is 34.6 Å². The lowest BCUT2D eigenvalue weighted by atomic mass is 9.90. The zero-order valence-corrected chi connectivity index (χ0v) is 9.70. The first kappa shape index (κ1) is 10.9. The molecule has 15 heavy (non-hydrogen) atoms. The van der Waals surface area contributed by atoms with Gasteiger partial charge in [-0.05, 0) is 39.0 Å². The molecule has 2 fully saturated rings. The first-order chi connectivity index (χ1) is 6.97. The molecular weight excluding hydrogens is 190 g/mol. The normalized spacial score (nSPS) is 27.1. The smallest absolute Gasteiger partial charge is 0.222 e. The van der Waals surface area contributed by atoms with Crippen molar-refractivity contribution in [2.45, 2.75) is 45.1 Å². The van der Waals surface area contributed by atoms with E-state index in [2.05, 4.69) is 0 Å². The molecule has 0 aromatic rings. The molecule has 3 nitrogen and oxygen atoms in total. The maximum absolute atomic E-state index is 11.8. The van der Waals surface area contributed by atoms with E-state index in [1.54, 1.807) is 0 Å². The summed E-state index contributed by atoms with van der Waals surface area (Å²) in [7, 11) is 0. The minimum absolute atomic E-state index is 0.251. The number of carbonyl (C=O) groups is 1. The van der Waals surface area contributed by atoms with E-state index in [9.17, 15) is 9.90 Å². The predicted octanol–water partition coefficient (Wildman–Crippen LogP) is 1.41. The van der Waals surface area contributed by atoms with Crippen LogP contribution >= 0.6 is 0 Å². The fourth-order valence-electron chi connectivity index (χ4n) is 2.26. The van der Waals surface area contributed by atoms with Crippen molar-refractivity contribution in [1.82, 2.24) is 4.90 Å². The van der Waals surface area contributed by atoms with Gasteiger partial charge in [0, 0.05) is 25.4 Å². The molecule has 1 saturated heterocycles. The van der Waals surface area contributed by atoms with E-state index in [-0.39, 0.29) is 5.92 Å². The second-order valence-electron chi connectivity index (χ2n) is 5.63. The lowest BCUT2D eigenvalue weighted by Crippen LogP contribution is -2.35. The van der Waals surface area contributed by atoms with Crippen LogP contribution in [0.15, 0.2) is 0 Å².